The van der Waals surface area contributed by atoms with Crippen molar-refractivity contribution >= 4 is 5.97 Å². The average molecular weight is 227 g/mol. The van der Waals surface area contributed by atoms with Crippen LogP contribution in [0.3, 0.4) is 0 Å². The Hall–Kier alpha value is -0.610. The third kappa shape index (κ3) is 2.23. The molecule has 0 aromatic carbocycles. The number of ether oxygens (including phenoxy) is 1. The van der Waals surface area contributed by atoms with Crippen LogP contribution >= 0.6 is 0 Å². The quantitative estimate of drug-likeness (QED) is 0.790. The molecule has 0 aromatic rings. The summed E-state index contributed by atoms with van der Waals surface area (Å²) in [6.45, 7) is 5.52. The zero-order valence-corrected chi connectivity index (χ0v) is 9.95. The van der Waals surface area contributed by atoms with E-state index in [9.17, 15) is 4.79 Å². The van der Waals surface area contributed by atoms with Gasteiger partial charge >= 0.3 is 5.97 Å². The summed E-state index contributed by atoms with van der Waals surface area (Å²) in [4.78, 5) is 13.3. The van der Waals surface area contributed by atoms with Crippen molar-refractivity contribution in [3.05, 3.63) is 0 Å². The van der Waals surface area contributed by atoms with E-state index in [1.165, 1.54) is 0 Å². The van der Waals surface area contributed by atoms with Gasteiger partial charge in [0.2, 0.25) is 0 Å². The number of aliphatic carboxylic acids is 1. The van der Waals surface area contributed by atoms with Crippen molar-refractivity contribution in [1.29, 1.82) is 0 Å². The molecule has 1 atom stereocenters. The number of likely N-dealkylation sites (tertiary alicyclic amines) is 1. The molecule has 92 valence electrons. The number of rotatable bonds is 3. The third-order valence-corrected chi connectivity index (χ3v) is 4.13. The number of carboxylic acids is 1. The highest BCUT2D eigenvalue weighted by atomic mass is 16.5. The second-order valence-corrected chi connectivity index (χ2v) is 5.10. The van der Waals surface area contributed by atoms with Gasteiger partial charge in [0.05, 0.1) is 0 Å². The van der Waals surface area contributed by atoms with E-state index < -0.39 is 5.97 Å². The molecule has 2 fully saturated rings. The van der Waals surface area contributed by atoms with Crippen LogP contribution < -0.4 is 0 Å². The highest BCUT2D eigenvalue weighted by Crippen LogP contribution is 2.40. The van der Waals surface area contributed by atoms with Crippen LogP contribution in [0.25, 0.3) is 0 Å². The lowest BCUT2D eigenvalue weighted by molar-refractivity contribution is -0.143. The molecule has 0 aromatic heterocycles. The lowest BCUT2D eigenvalue weighted by atomic mass is 9.79. The Balaban J connectivity index is 1.98. The molecule has 0 bridgehead atoms. The fourth-order valence-electron chi connectivity index (χ4n) is 3.04. The predicted molar refractivity (Wildman–Crippen MR) is 60.4 cm³/mol. The minimum atomic E-state index is -0.674. The molecule has 2 heterocycles. The zero-order chi connectivity index (χ0) is 11.6. The van der Waals surface area contributed by atoms with E-state index in [1.807, 2.05) is 6.92 Å². The molecule has 2 saturated heterocycles. The maximum atomic E-state index is 11.1. The summed E-state index contributed by atoms with van der Waals surface area (Å²) in [5.41, 5.74) is 0.348. The molecule has 1 unspecified atom stereocenters. The van der Waals surface area contributed by atoms with Gasteiger partial charge in [-0.1, -0.05) is 6.92 Å². The first-order valence-electron chi connectivity index (χ1n) is 6.21. The highest BCUT2D eigenvalue weighted by Gasteiger charge is 2.42. The second kappa shape index (κ2) is 4.72. The fourth-order valence-corrected chi connectivity index (χ4v) is 3.04. The summed E-state index contributed by atoms with van der Waals surface area (Å²) in [6.07, 6.45) is 4.03. The SMILES string of the molecule is CCC(C(=O)O)N1CCC2(CCOCC2)C1. The summed E-state index contributed by atoms with van der Waals surface area (Å²) in [5, 5.41) is 9.15. The van der Waals surface area contributed by atoms with Gasteiger partial charge in [0.1, 0.15) is 6.04 Å². The van der Waals surface area contributed by atoms with Crippen molar-refractivity contribution in [1.82, 2.24) is 4.90 Å². The molecule has 0 amide bonds. The Morgan fingerprint density at radius 3 is 2.69 bits per heavy atom. The monoisotopic (exact) mass is 227 g/mol. The fraction of sp³-hybridized carbons (Fsp3) is 0.917. The highest BCUT2D eigenvalue weighted by molar-refractivity contribution is 5.73. The average Bonchev–Trinajstić information content (AvgIpc) is 2.64. The third-order valence-electron chi connectivity index (χ3n) is 4.13. The topological polar surface area (TPSA) is 49.8 Å². The maximum Gasteiger partial charge on any atom is 0.320 e. The lowest BCUT2D eigenvalue weighted by Gasteiger charge is -2.34. The Morgan fingerprint density at radius 2 is 2.12 bits per heavy atom. The van der Waals surface area contributed by atoms with Crippen LogP contribution in [-0.4, -0.2) is 48.3 Å². The minimum absolute atomic E-state index is 0.290. The van der Waals surface area contributed by atoms with E-state index in [-0.39, 0.29) is 6.04 Å². The summed E-state index contributed by atoms with van der Waals surface area (Å²) in [6, 6.07) is -0.290. The first kappa shape index (κ1) is 11.9. The van der Waals surface area contributed by atoms with Crippen LogP contribution in [-0.2, 0) is 9.53 Å². The van der Waals surface area contributed by atoms with Crippen molar-refractivity contribution in [3.8, 4) is 0 Å². The van der Waals surface area contributed by atoms with Gasteiger partial charge in [-0.15, -0.1) is 0 Å². The zero-order valence-electron chi connectivity index (χ0n) is 9.95. The maximum absolute atomic E-state index is 11.1. The van der Waals surface area contributed by atoms with Gasteiger partial charge in [0.15, 0.2) is 0 Å². The Bertz CT molecular complexity index is 261. The molecule has 1 N–H and O–H groups in total. The summed E-state index contributed by atoms with van der Waals surface area (Å²) < 4.78 is 5.39. The molecule has 4 heteroatoms. The van der Waals surface area contributed by atoms with Crippen LogP contribution in [0.5, 0.6) is 0 Å². The Labute approximate surface area is 96.6 Å². The number of carboxylic acid groups (broad SMARTS) is 1. The van der Waals surface area contributed by atoms with E-state index in [0.717, 1.165) is 45.6 Å². The van der Waals surface area contributed by atoms with Crippen LogP contribution in [0.2, 0.25) is 0 Å². The smallest absolute Gasteiger partial charge is 0.320 e. The number of nitrogens with zero attached hydrogens (tertiary/aromatic N) is 1. The standard InChI is InChI=1S/C12H21NO3/c1-2-10(11(14)15)13-6-3-12(9-13)4-7-16-8-5-12/h10H,2-9H2,1H3,(H,14,15). The first-order chi connectivity index (χ1) is 7.67. The van der Waals surface area contributed by atoms with E-state index in [4.69, 9.17) is 9.84 Å². The predicted octanol–water partition coefficient (Wildman–Crippen LogP) is 1.35. The molecule has 2 rings (SSSR count). The van der Waals surface area contributed by atoms with Crippen LogP contribution in [0.1, 0.15) is 32.6 Å². The molecule has 4 nitrogen and oxygen atoms in total. The van der Waals surface area contributed by atoms with Gasteiger partial charge in [-0.3, -0.25) is 9.69 Å². The van der Waals surface area contributed by atoms with Crippen molar-refractivity contribution in [3.63, 3.8) is 0 Å². The van der Waals surface area contributed by atoms with Gasteiger partial charge in [-0.05, 0) is 37.6 Å². The van der Waals surface area contributed by atoms with Crippen molar-refractivity contribution in [2.75, 3.05) is 26.3 Å². The molecule has 0 saturated carbocycles. The number of hydrogen-bond donors (Lipinski definition) is 1. The first-order valence-corrected chi connectivity index (χ1v) is 6.21. The van der Waals surface area contributed by atoms with Gasteiger partial charge in [0.25, 0.3) is 0 Å². The molecular formula is C12H21NO3. The number of carbonyl (C=O) groups is 1. The van der Waals surface area contributed by atoms with Gasteiger partial charge in [-0.25, -0.2) is 0 Å². The van der Waals surface area contributed by atoms with Gasteiger partial charge < -0.3 is 9.84 Å². The van der Waals surface area contributed by atoms with Crippen LogP contribution in [0, 0.1) is 5.41 Å². The number of hydrogen-bond acceptors (Lipinski definition) is 3. The van der Waals surface area contributed by atoms with Crippen LogP contribution in [0.4, 0.5) is 0 Å². The molecule has 0 radical (unpaired) electrons. The van der Waals surface area contributed by atoms with Crippen molar-refractivity contribution in [2.24, 2.45) is 5.41 Å². The van der Waals surface area contributed by atoms with Gasteiger partial charge in [-0.2, -0.15) is 0 Å². The molecular weight excluding hydrogens is 206 g/mol. The van der Waals surface area contributed by atoms with E-state index in [0.29, 0.717) is 11.8 Å². The Morgan fingerprint density at radius 1 is 1.44 bits per heavy atom. The lowest BCUT2D eigenvalue weighted by Crippen LogP contribution is -2.41. The minimum Gasteiger partial charge on any atom is -0.480 e. The Kier molecular flexibility index (Phi) is 3.50. The van der Waals surface area contributed by atoms with Crippen LogP contribution in [0.15, 0.2) is 0 Å². The summed E-state index contributed by atoms with van der Waals surface area (Å²) >= 11 is 0. The summed E-state index contributed by atoms with van der Waals surface area (Å²) in [7, 11) is 0. The molecule has 16 heavy (non-hydrogen) atoms. The van der Waals surface area contributed by atoms with Crippen molar-refractivity contribution in [2.45, 2.75) is 38.6 Å². The van der Waals surface area contributed by atoms with E-state index >= 15 is 0 Å². The van der Waals surface area contributed by atoms with Gasteiger partial charge in [0, 0.05) is 19.8 Å². The molecule has 0 aliphatic carbocycles. The molecule has 2 aliphatic heterocycles. The summed E-state index contributed by atoms with van der Waals surface area (Å²) in [5.74, 6) is -0.674. The second-order valence-electron chi connectivity index (χ2n) is 5.10. The van der Waals surface area contributed by atoms with Crippen molar-refractivity contribution < 1.29 is 14.6 Å². The largest absolute Gasteiger partial charge is 0.480 e. The molecule has 1 spiro atoms. The van der Waals surface area contributed by atoms with E-state index in [1.54, 1.807) is 0 Å². The van der Waals surface area contributed by atoms with E-state index in [2.05, 4.69) is 4.90 Å². The molecule has 2 aliphatic rings. The normalized spacial score (nSPS) is 27.1.